The van der Waals surface area contributed by atoms with Crippen molar-refractivity contribution in [2.24, 2.45) is 0 Å². The average Bonchev–Trinajstić information content (AvgIpc) is 3.10. The number of H-pyrrole nitrogens is 1. The quantitative estimate of drug-likeness (QED) is 0.550. The van der Waals surface area contributed by atoms with Crippen LogP contribution in [0.25, 0.3) is 10.9 Å². The summed E-state index contributed by atoms with van der Waals surface area (Å²) in [6, 6.07) is 14.2. The highest BCUT2D eigenvalue weighted by Gasteiger charge is 2.12. The summed E-state index contributed by atoms with van der Waals surface area (Å²) in [7, 11) is 0. The molecular formula is C21H21N3O4. The van der Waals surface area contributed by atoms with Crippen molar-refractivity contribution in [3.8, 4) is 0 Å². The number of ether oxygens (including phenoxy) is 1. The first kappa shape index (κ1) is 19.2. The number of para-hydroxylation sites is 1. The molecule has 1 heterocycles. The van der Waals surface area contributed by atoms with Gasteiger partial charge in [0.15, 0.2) is 6.61 Å². The van der Waals surface area contributed by atoms with Crippen molar-refractivity contribution in [3.63, 3.8) is 0 Å². The summed E-state index contributed by atoms with van der Waals surface area (Å²) < 4.78 is 5.07. The number of amides is 2. The minimum absolute atomic E-state index is 0.0734. The van der Waals surface area contributed by atoms with E-state index in [0.29, 0.717) is 17.8 Å². The minimum Gasteiger partial charge on any atom is -0.455 e. The van der Waals surface area contributed by atoms with Gasteiger partial charge in [-0.1, -0.05) is 24.3 Å². The van der Waals surface area contributed by atoms with Crippen LogP contribution in [0.15, 0.2) is 54.7 Å². The summed E-state index contributed by atoms with van der Waals surface area (Å²) in [5, 5.41) is 6.26. The number of hydrogen-bond donors (Lipinski definition) is 3. The molecule has 1 aromatic heterocycles. The molecule has 0 atom stereocenters. The Morgan fingerprint density at radius 3 is 2.71 bits per heavy atom. The zero-order chi connectivity index (χ0) is 19.9. The molecule has 0 aliphatic carbocycles. The molecule has 0 aliphatic heterocycles. The first-order valence-electron chi connectivity index (χ1n) is 8.95. The van der Waals surface area contributed by atoms with Crippen LogP contribution in [0.2, 0.25) is 0 Å². The van der Waals surface area contributed by atoms with Gasteiger partial charge in [0.05, 0.1) is 6.42 Å². The van der Waals surface area contributed by atoms with Gasteiger partial charge >= 0.3 is 5.97 Å². The molecule has 0 saturated heterocycles. The zero-order valence-electron chi connectivity index (χ0n) is 15.5. The fraction of sp³-hybridized carbons (Fsp3) is 0.190. The van der Waals surface area contributed by atoms with Crippen molar-refractivity contribution < 1.29 is 19.1 Å². The number of hydrogen-bond acceptors (Lipinski definition) is 4. The third-order valence-electron chi connectivity index (χ3n) is 4.12. The molecule has 0 aliphatic rings. The third kappa shape index (κ3) is 4.76. The lowest BCUT2D eigenvalue weighted by Crippen LogP contribution is -2.24. The van der Waals surface area contributed by atoms with E-state index < -0.39 is 18.5 Å². The Balaban J connectivity index is 1.52. The number of esters is 1. The maximum absolute atomic E-state index is 12.1. The van der Waals surface area contributed by atoms with E-state index in [-0.39, 0.29) is 12.3 Å². The molecule has 3 aromatic rings. The van der Waals surface area contributed by atoms with Crippen molar-refractivity contribution in [2.75, 3.05) is 18.5 Å². The Morgan fingerprint density at radius 2 is 1.89 bits per heavy atom. The molecular weight excluding hydrogens is 358 g/mol. The number of rotatable bonds is 7. The van der Waals surface area contributed by atoms with Crippen LogP contribution in [0.3, 0.4) is 0 Å². The number of anilines is 1. The van der Waals surface area contributed by atoms with Gasteiger partial charge in [-0.2, -0.15) is 0 Å². The van der Waals surface area contributed by atoms with Crippen molar-refractivity contribution in [1.82, 2.24) is 10.3 Å². The summed E-state index contributed by atoms with van der Waals surface area (Å²) in [4.78, 5) is 39.0. The molecule has 3 rings (SSSR count). The molecule has 0 unspecified atom stereocenters. The Hall–Kier alpha value is -3.61. The van der Waals surface area contributed by atoms with Crippen molar-refractivity contribution in [2.45, 2.75) is 13.3 Å². The standard InChI is InChI=1S/C21H21N3O4/c1-2-22-21(27)14-6-5-7-16(10-14)24-19(25)13-28-20(26)11-15-12-23-18-9-4-3-8-17(15)18/h3-10,12,23H,2,11,13H2,1H3,(H,22,27)(H,24,25). The van der Waals surface area contributed by atoms with Crippen molar-refractivity contribution in [3.05, 3.63) is 65.9 Å². The molecule has 7 nitrogen and oxygen atoms in total. The number of aromatic amines is 1. The van der Waals surface area contributed by atoms with Crippen molar-refractivity contribution >= 4 is 34.4 Å². The van der Waals surface area contributed by atoms with E-state index in [2.05, 4.69) is 15.6 Å². The van der Waals surface area contributed by atoms with Crippen LogP contribution in [0.1, 0.15) is 22.8 Å². The molecule has 7 heteroatoms. The molecule has 0 bridgehead atoms. The number of aromatic nitrogens is 1. The Bertz CT molecular complexity index is 1010. The van der Waals surface area contributed by atoms with E-state index in [9.17, 15) is 14.4 Å². The van der Waals surface area contributed by atoms with Gasteiger partial charge in [0.1, 0.15) is 0 Å². The first-order chi connectivity index (χ1) is 13.6. The summed E-state index contributed by atoms with van der Waals surface area (Å²) in [5.41, 5.74) is 2.66. The maximum Gasteiger partial charge on any atom is 0.310 e. The average molecular weight is 379 g/mol. The summed E-state index contributed by atoms with van der Waals surface area (Å²) in [5.74, 6) is -1.18. The Morgan fingerprint density at radius 1 is 1.07 bits per heavy atom. The van der Waals surface area contributed by atoms with E-state index in [1.807, 2.05) is 31.2 Å². The predicted molar refractivity (Wildman–Crippen MR) is 106 cm³/mol. The molecule has 0 radical (unpaired) electrons. The monoisotopic (exact) mass is 379 g/mol. The van der Waals surface area contributed by atoms with Gasteiger partial charge < -0.3 is 20.4 Å². The number of carbonyl (C=O) groups is 3. The number of benzene rings is 2. The van der Waals surface area contributed by atoms with Gasteiger partial charge in [0, 0.05) is 34.9 Å². The van der Waals surface area contributed by atoms with E-state index in [0.717, 1.165) is 16.5 Å². The molecule has 3 N–H and O–H groups in total. The third-order valence-corrected chi connectivity index (χ3v) is 4.12. The highest BCUT2D eigenvalue weighted by atomic mass is 16.5. The molecule has 144 valence electrons. The van der Waals surface area contributed by atoms with Crippen LogP contribution in [-0.4, -0.2) is 35.9 Å². The van der Waals surface area contributed by atoms with Crippen LogP contribution >= 0.6 is 0 Å². The number of fused-ring (bicyclic) bond motifs is 1. The lowest BCUT2D eigenvalue weighted by atomic mass is 10.1. The van der Waals surface area contributed by atoms with Crippen molar-refractivity contribution in [1.29, 1.82) is 0 Å². The lowest BCUT2D eigenvalue weighted by Gasteiger charge is -2.08. The fourth-order valence-corrected chi connectivity index (χ4v) is 2.83. The number of nitrogens with one attached hydrogen (secondary N) is 3. The van der Waals surface area contributed by atoms with Crippen LogP contribution < -0.4 is 10.6 Å². The molecule has 0 fully saturated rings. The lowest BCUT2D eigenvalue weighted by molar-refractivity contribution is -0.146. The normalized spacial score (nSPS) is 10.5. The van der Waals surface area contributed by atoms with Crippen LogP contribution in [0, 0.1) is 0 Å². The molecule has 28 heavy (non-hydrogen) atoms. The van der Waals surface area contributed by atoms with Gasteiger partial charge in [-0.05, 0) is 36.8 Å². The van der Waals surface area contributed by atoms with Crippen LogP contribution in [-0.2, 0) is 20.7 Å². The van der Waals surface area contributed by atoms with Gasteiger partial charge in [-0.25, -0.2) is 0 Å². The zero-order valence-corrected chi connectivity index (χ0v) is 15.5. The molecule has 2 aromatic carbocycles. The Kier molecular flexibility index (Phi) is 6.06. The van der Waals surface area contributed by atoms with E-state index in [1.54, 1.807) is 30.5 Å². The highest BCUT2D eigenvalue weighted by Crippen LogP contribution is 2.18. The second-order valence-electron chi connectivity index (χ2n) is 6.19. The van der Waals surface area contributed by atoms with Gasteiger partial charge in [0.25, 0.3) is 11.8 Å². The van der Waals surface area contributed by atoms with Gasteiger partial charge in [-0.3, -0.25) is 14.4 Å². The number of carbonyl (C=O) groups excluding carboxylic acids is 3. The summed E-state index contributed by atoms with van der Waals surface area (Å²) in [6.45, 7) is 1.95. The predicted octanol–water partition coefficient (Wildman–Crippen LogP) is 2.64. The smallest absolute Gasteiger partial charge is 0.310 e. The Labute approximate surface area is 162 Å². The highest BCUT2D eigenvalue weighted by molar-refractivity contribution is 5.97. The SMILES string of the molecule is CCNC(=O)c1cccc(NC(=O)COC(=O)Cc2c[nH]c3ccccc23)c1. The van der Waals surface area contributed by atoms with Crippen LogP contribution in [0.5, 0.6) is 0 Å². The first-order valence-corrected chi connectivity index (χ1v) is 8.95. The molecule has 0 saturated carbocycles. The van der Waals surface area contributed by atoms with E-state index in [4.69, 9.17) is 4.74 Å². The summed E-state index contributed by atoms with van der Waals surface area (Å²) in [6.07, 6.45) is 1.84. The minimum atomic E-state index is -0.490. The van der Waals surface area contributed by atoms with Gasteiger partial charge in [0.2, 0.25) is 0 Å². The maximum atomic E-state index is 12.1. The summed E-state index contributed by atoms with van der Waals surface area (Å²) >= 11 is 0. The van der Waals surface area contributed by atoms with E-state index in [1.165, 1.54) is 0 Å². The molecule has 0 spiro atoms. The largest absolute Gasteiger partial charge is 0.455 e. The van der Waals surface area contributed by atoms with Crippen LogP contribution in [0.4, 0.5) is 5.69 Å². The fourth-order valence-electron chi connectivity index (χ4n) is 2.83. The second-order valence-corrected chi connectivity index (χ2v) is 6.19. The topological polar surface area (TPSA) is 100 Å². The second kappa shape index (κ2) is 8.85. The molecule has 2 amide bonds. The van der Waals surface area contributed by atoms with Gasteiger partial charge in [-0.15, -0.1) is 0 Å². The van der Waals surface area contributed by atoms with E-state index >= 15 is 0 Å².